The van der Waals surface area contributed by atoms with E-state index in [1.807, 2.05) is 6.07 Å². The summed E-state index contributed by atoms with van der Waals surface area (Å²) in [5, 5.41) is 15.2. The first kappa shape index (κ1) is 17.8. The first-order chi connectivity index (χ1) is 11.0. The van der Waals surface area contributed by atoms with E-state index in [4.69, 9.17) is 5.11 Å². The molecule has 0 bridgehead atoms. The molecular weight excluding hydrogens is 288 g/mol. The number of hydrogen-bond donors (Lipinski definition) is 3. The highest BCUT2D eigenvalue weighted by molar-refractivity contribution is 5.74. The number of hydrogen-bond acceptors (Lipinski definition) is 2. The lowest BCUT2D eigenvalue weighted by molar-refractivity contribution is 0.199. The molecule has 2 amide bonds. The monoisotopic (exact) mass is 318 g/mol. The summed E-state index contributed by atoms with van der Waals surface area (Å²) in [6.45, 7) is 4.84. The van der Waals surface area contributed by atoms with E-state index < -0.39 is 0 Å². The average molecular weight is 318 g/mol. The molecule has 1 aromatic rings. The zero-order valence-electron chi connectivity index (χ0n) is 14.3. The number of aliphatic hydroxyl groups excluding tert-OH is 1. The minimum absolute atomic E-state index is 0.0782. The van der Waals surface area contributed by atoms with Crippen LogP contribution in [0.3, 0.4) is 0 Å². The van der Waals surface area contributed by atoms with Crippen molar-refractivity contribution in [2.24, 2.45) is 11.3 Å². The lowest BCUT2D eigenvalue weighted by atomic mass is 9.90. The molecule has 1 aliphatic rings. The summed E-state index contributed by atoms with van der Waals surface area (Å²) in [7, 11) is 0. The molecular formula is C19H30N2O2. The molecule has 1 aromatic carbocycles. The van der Waals surface area contributed by atoms with Crippen molar-refractivity contribution < 1.29 is 9.90 Å². The van der Waals surface area contributed by atoms with Crippen LogP contribution in [0.4, 0.5) is 4.79 Å². The SMILES string of the molecule is CC(C)(CCO)CNC(=O)NC1CCCC1Cc1ccccc1. The van der Waals surface area contributed by atoms with Crippen LogP contribution in [-0.2, 0) is 6.42 Å². The molecule has 2 unspecified atom stereocenters. The second-order valence-corrected chi connectivity index (χ2v) is 7.45. The van der Waals surface area contributed by atoms with Gasteiger partial charge in [-0.05, 0) is 42.6 Å². The van der Waals surface area contributed by atoms with Crippen LogP contribution in [0, 0.1) is 11.3 Å². The highest BCUT2D eigenvalue weighted by Crippen LogP contribution is 2.28. The molecule has 1 saturated carbocycles. The summed E-state index contributed by atoms with van der Waals surface area (Å²) in [5.41, 5.74) is 1.27. The Morgan fingerprint density at radius 3 is 2.70 bits per heavy atom. The molecule has 2 atom stereocenters. The Morgan fingerprint density at radius 1 is 1.26 bits per heavy atom. The molecule has 0 radical (unpaired) electrons. The van der Waals surface area contributed by atoms with E-state index >= 15 is 0 Å². The molecule has 2 rings (SSSR count). The van der Waals surface area contributed by atoms with Crippen molar-refractivity contribution in [2.75, 3.05) is 13.2 Å². The second-order valence-electron chi connectivity index (χ2n) is 7.45. The minimum Gasteiger partial charge on any atom is -0.396 e. The van der Waals surface area contributed by atoms with Crippen molar-refractivity contribution in [2.45, 2.75) is 52.0 Å². The molecule has 0 heterocycles. The summed E-state index contributed by atoms with van der Waals surface area (Å²) in [6.07, 6.45) is 5.13. The van der Waals surface area contributed by atoms with Crippen molar-refractivity contribution in [1.82, 2.24) is 10.6 Å². The molecule has 1 aliphatic carbocycles. The van der Waals surface area contributed by atoms with Crippen LogP contribution in [0.25, 0.3) is 0 Å². The van der Waals surface area contributed by atoms with E-state index in [1.54, 1.807) is 0 Å². The fourth-order valence-corrected chi connectivity index (χ4v) is 3.32. The number of rotatable bonds is 7. The molecule has 4 heteroatoms. The zero-order chi connectivity index (χ0) is 16.7. The van der Waals surface area contributed by atoms with Crippen LogP contribution in [0.1, 0.15) is 45.1 Å². The summed E-state index contributed by atoms with van der Waals surface area (Å²) < 4.78 is 0. The van der Waals surface area contributed by atoms with Crippen molar-refractivity contribution in [3.63, 3.8) is 0 Å². The summed E-state index contributed by atoms with van der Waals surface area (Å²) in [5.74, 6) is 0.522. The normalized spacial score (nSPS) is 21.2. The third-order valence-corrected chi connectivity index (χ3v) is 4.83. The van der Waals surface area contributed by atoms with Gasteiger partial charge >= 0.3 is 6.03 Å². The van der Waals surface area contributed by atoms with Gasteiger partial charge in [-0.3, -0.25) is 0 Å². The van der Waals surface area contributed by atoms with E-state index in [9.17, 15) is 4.79 Å². The summed E-state index contributed by atoms with van der Waals surface area (Å²) in [4.78, 5) is 12.2. The number of carbonyl (C=O) groups is 1. The van der Waals surface area contributed by atoms with Crippen LogP contribution in [-0.4, -0.2) is 30.3 Å². The van der Waals surface area contributed by atoms with Gasteiger partial charge in [0.1, 0.15) is 0 Å². The lowest BCUT2D eigenvalue weighted by Gasteiger charge is -2.26. The quantitative estimate of drug-likeness (QED) is 0.723. The van der Waals surface area contributed by atoms with E-state index in [-0.39, 0.29) is 24.1 Å². The van der Waals surface area contributed by atoms with Gasteiger partial charge in [0.25, 0.3) is 0 Å². The number of carbonyl (C=O) groups excluding carboxylic acids is 1. The molecule has 3 N–H and O–H groups in total. The Morgan fingerprint density at radius 2 is 2.00 bits per heavy atom. The number of aliphatic hydroxyl groups is 1. The topological polar surface area (TPSA) is 61.4 Å². The van der Waals surface area contributed by atoms with Gasteiger partial charge in [-0.2, -0.15) is 0 Å². The molecule has 0 spiro atoms. The van der Waals surface area contributed by atoms with Gasteiger partial charge in [0.2, 0.25) is 0 Å². The van der Waals surface area contributed by atoms with Crippen LogP contribution in [0.15, 0.2) is 30.3 Å². The third kappa shape index (κ3) is 5.87. The standard InChI is InChI=1S/C19H30N2O2/c1-19(2,11-12-22)14-20-18(23)21-17-10-6-9-16(17)13-15-7-4-3-5-8-15/h3-5,7-8,16-17,22H,6,9-14H2,1-2H3,(H2,20,21,23). The van der Waals surface area contributed by atoms with Gasteiger partial charge in [0, 0.05) is 19.2 Å². The Kier molecular flexibility index (Phi) is 6.46. The molecule has 4 nitrogen and oxygen atoms in total. The Balaban J connectivity index is 1.80. The van der Waals surface area contributed by atoms with Gasteiger partial charge in [-0.25, -0.2) is 4.79 Å². The minimum atomic E-state index is -0.0824. The maximum Gasteiger partial charge on any atom is 0.315 e. The van der Waals surface area contributed by atoms with Gasteiger partial charge < -0.3 is 15.7 Å². The van der Waals surface area contributed by atoms with Crippen LogP contribution >= 0.6 is 0 Å². The van der Waals surface area contributed by atoms with Crippen molar-refractivity contribution in [3.8, 4) is 0 Å². The van der Waals surface area contributed by atoms with Crippen molar-refractivity contribution in [3.05, 3.63) is 35.9 Å². The number of urea groups is 1. The predicted octanol–water partition coefficient (Wildman–Crippen LogP) is 3.11. The summed E-state index contributed by atoms with van der Waals surface area (Å²) in [6, 6.07) is 10.7. The average Bonchev–Trinajstić information content (AvgIpc) is 2.93. The first-order valence-electron chi connectivity index (χ1n) is 8.69. The van der Waals surface area contributed by atoms with E-state index in [2.05, 4.69) is 48.7 Å². The Bertz CT molecular complexity index is 487. The Hall–Kier alpha value is -1.55. The smallest absolute Gasteiger partial charge is 0.315 e. The van der Waals surface area contributed by atoms with E-state index in [1.165, 1.54) is 18.4 Å². The molecule has 0 saturated heterocycles. The zero-order valence-corrected chi connectivity index (χ0v) is 14.3. The highest BCUT2D eigenvalue weighted by Gasteiger charge is 2.29. The number of benzene rings is 1. The number of amides is 2. The van der Waals surface area contributed by atoms with Gasteiger partial charge in [0.05, 0.1) is 0 Å². The molecule has 0 aliphatic heterocycles. The molecule has 128 valence electrons. The fourth-order valence-electron chi connectivity index (χ4n) is 3.32. The Labute approximate surface area is 139 Å². The maximum absolute atomic E-state index is 12.2. The van der Waals surface area contributed by atoms with Gasteiger partial charge in [-0.1, -0.05) is 50.6 Å². The van der Waals surface area contributed by atoms with Gasteiger partial charge in [-0.15, -0.1) is 0 Å². The number of nitrogens with one attached hydrogen (secondary N) is 2. The third-order valence-electron chi connectivity index (χ3n) is 4.83. The van der Waals surface area contributed by atoms with E-state index in [0.717, 1.165) is 12.8 Å². The van der Waals surface area contributed by atoms with Crippen LogP contribution in [0.5, 0.6) is 0 Å². The molecule has 23 heavy (non-hydrogen) atoms. The predicted molar refractivity (Wildman–Crippen MR) is 93.3 cm³/mol. The van der Waals surface area contributed by atoms with Crippen molar-refractivity contribution >= 4 is 6.03 Å². The maximum atomic E-state index is 12.2. The van der Waals surface area contributed by atoms with Crippen LogP contribution in [0.2, 0.25) is 0 Å². The fraction of sp³-hybridized carbons (Fsp3) is 0.632. The second kappa shape index (κ2) is 8.34. The largest absolute Gasteiger partial charge is 0.396 e. The lowest BCUT2D eigenvalue weighted by Crippen LogP contribution is -2.46. The molecule has 0 aromatic heterocycles. The van der Waals surface area contributed by atoms with Crippen LogP contribution < -0.4 is 10.6 Å². The van der Waals surface area contributed by atoms with Crippen molar-refractivity contribution in [1.29, 1.82) is 0 Å². The van der Waals surface area contributed by atoms with Gasteiger partial charge in [0.15, 0.2) is 0 Å². The highest BCUT2D eigenvalue weighted by atomic mass is 16.3. The molecule has 1 fully saturated rings. The summed E-state index contributed by atoms with van der Waals surface area (Å²) >= 11 is 0. The first-order valence-corrected chi connectivity index (χ1v) is 8.69. The van der Waals surface area contributed by atoms with E-state index in [0.29, 0.717) is 18.9 Å².